The van der Waals surface area contributed by atoms with Crippen molar-refractivity contribution in [2.24, 2.45) is 5.92 Å². The Hall–Kier alpha value is -2.89. The van der Waals surface area contributed by atoms with Gasteiger partial charge in [-0.2, -0.15) is 0 Å². The number of piperidine rings is 1. The molecule has 1 saturated heterocycles. The third kappa shape index (κ3) is 3.94. The highest BCUT2D eigenvalue weighted by Gasteiger charge is 2.27. The second-order valence-electron chi connectivity index (χ2n) is 7.21. The SMILES string of the molecule is Cc1ccc2nc(N3CCC[C@H](C(=O)NCc4ccc(F)cc4)C3)[nH]c2c1. The minimum Gasteiger partial charge on any atom is -0.352 e. The van der Waals surface area contributed by atoms with Crippen LogP contribution in [0.2, 0.25) is 0 Å². The largest absolute Gasteiger partial charge is 0.352 e. The molecule has 1 atom stereocenters. The molecule has 1 aliphatic heterocycles. The number of aromatic amines is 1. The molecule has 1 fully saturated rings. The van der Waals surface area contributed by atoms with Crippen LogP contribution >= 0.6 is 0 Å². The Bertz CT molecular complexity index is 950. The molecule has 0 unspecified atom stereocenters. The fraction of sp³-hybridized carbons (Fsp3) is 0.333. The second-order valence-corrected chi connectivity index (χ2v) is 7.21. The Morgan fingerprint density at radius 2 is 2.11 bits per heavy atom. The summed E-state index contributed by atoms with van der Waals surface area (Å²) >= 11 is 0. The van der Waals surface area contributed by atoms with Gasteiger partial charge in [-0.3, -0.25) is 4.79 Å². The van der Waals surface area contributed by atoms with E-state index in [1.165, 1.54) is 17.7 Å². The molecular weight excluding hydrogens is 343 g/mol. The second kappa shape index (κ2) is 7.39. The number of nitrogens with zero attached hydrogens (tertiary/aromatic N) is 2. The maximum Gasteiger partial charge on any atom is 0.225 e. The van der Waals surface area contributed by atoms with Gasteiger partial charge in [-0.1, -0.05) is 18.2 Å². The van der Waals surface area contributed by atoms with E-state index in [4.69, 9.17) is 0 Å². The first-order chi connectivity index (χ1) is 13.1. The van der Waals surface area contributed by atoms with Crippen molar-refractivity contribution in [1.82, 2.24) is 15.3 Å². The van der Waals surface area contributed by atoms with E-state index in [0.29, 0.717) is 13.1 Å². The number of aromatic nitrogens is 2. The zero-order chi connectivity index (χ0) is 18.8. The minimum absolute atomic E-state index is 0.0379. The predicted octanol–water partition coefficient (Wildman–Crippen LogP) is 3.54. The first-order valence-electron chi connectivity index (χ1n) is 9.32. The number of fused-ring (bicyclic) bond motifs is 1. The van der Waals surface area contributed by atoms with Crippen LogP contribution in [0.3, 0.4) is 0 Å². The van der Waals surface area contributed by atoms with Crippen molar-refractivity contribution in [3.63, 3.8) is 0 Å². The van der Waals surface area contributed by atoms with Gasteiger partial charge in [-0.25, -0.2) is 9.37 Å². The Morgan fingerprint density at radius 3 is 2.93 bits per heavy atom. The summed E-state index contributed by atoms with van der Waals surface area (Å²) in [5, 5.41) is 2.98. The molecule has 2 N–H and O–H groups in total. The van der Waals surface area contributed by atoms with Crippen LogP contribution in [0.1, 0.15) is 24.0 Å². The van der Waals surface area contributed by atoms with Gasteiger partial charge in [-0.05, 0) is 55.2 Å². The molecular formula is C21H23FN4O. The molecule has 0 aliphatic carbocycles. The van der Waals surface area contributed by atoms with Crippen molar-refractivity contribution in [3.8, 4) is 0 Å². The van der Waals surface area contributed by atoms with Crippen molar-refractivity contribution in [3.05, 3.63) is 59.4 Å². The maximum atomic E-state index is 13.0. The fourth-order valence-corrected chi connectivity index (χ4v) is 3.58. The topological polar surface area (TPSA) is 61.0 Å². The van der Waals surface area contributed by atoms with Crippen LogP contribution in [-0.4, -0.2) is 29.0 Å². The molecule has 1 aliphatic rings. The van der Waals surface area contributed by atoms with E-state index in [1.54, 1.807) is 12.1 Å². The van der Waals surface area contributed by atoms with Crippen LogP contribution in [-0.2, 0) is 11.3 Å². The number of benzene rings is 2. The summed E-state index contributed by atoms with van der Waals surface area (Å²) in [5.41, 5.74) is 4.05. The molecule has 5 nitrogen and oxygen atoms in total. The Morgan fingerprint density at radius 1 is 1.30 bits per heavy atom. The number of hydrogen-bond donors (Lipinski definition) is 2. The first-order valence-corrected chi connectivity index (χ1v) is 9.32. The van der Waals surface area contributed by atoms with Crippen molar-refractivity contribution in [1.29, 1.82) is 0 Å². The molecule has 0 bridgehead atoms. The van der Waals surface area contributed by atoms with Crippen LogP contribution in [0.15, 0.2) is 42.5 Å². The summed E-state index contributed by atoms with van der Waals surface area (Å²) < 4.78 is 13.0. The Kier molecular flexibility index (Phi) is 4.79. The van der Waals surface area contributed by atoms with Crippen molar-refractivity contribution in [2.75, 3.05) is 18.0 Å². The van der Waals surface area contributed by atoms with Crippen LogP contribution in [0.25, 0.3) is 11.0 Å². The standard InChI is InChI=1S/C21H23FN4O/c1-14-4-9-18-19(11-14)25-21(24-18)26-10-2-3-16(13-26)20(27)23-12-15-5-7-17(22)8-6-15/h4-9,11,16H,2-3,10,12-13H2,1H3,(H,23,27)(H,24,25)/t16-/m0/s1. The lowest BCUT2D eigenvalue weighted by atomic mass is 9.97. The lowest BCUT2D eigenvalue weighted by Gasteiger charge is -2.31. The molecule has 4 rings (SSSR count). The highest BCUT2D eigenvalue weighted by Crippen LogP contribution is 2.24. The number of carbonyl (C=O) groups is 1. The number of aryl methyl sites for hydroxylation is 1. The molecule has 140 valence electrons. The van der Waals surface area contributed by atoms with Crippen LogP contribution in [0, 0.1) is 18.7 Å². The molecule has 1 amide bonds. The van der Waals surface area contributed by atoms with Gasteiger partial charge >= 0.3 is 0 Å². The lowest BCUT2D eigenvalue weighted by molar-refractivity contribution is -0.125. The molecule has 3 aromatic rings. The lowest BCUT2D eigenvalue weighted by Crippen LogP contribution is -2.43. The van der Waals surface area contributed by atoms with Gasteiger partial charge in [0.15, 0.2) is 0 Å². The van der Waals surface area contributed by atoms with Gasteiger partial charge in [-0.15, -0.1) is 0 Å². The maximum absolute atomic E-state index is 13.0. The fourth-order valence-electron chi connectivity index (χ4n) is 3.58. The number of halogens is 1. The molecule has 27 heavy (non-hydrogen) atoms. The summed E-state index contributed by atoms with van der Waals surface area (Å²) in [6.45, 7) is 4.01. The third-order valence-corrected chi connectivity index (χ3v) is 5.10. The quantitative estimate of drug-likeness (QED) is 0.742. The number of rotatable bonds is 4. The molecule has 2 heterocycles. The van der Waals surface area contributed by atoms with Gasteiger partial charge in [0, 0.05) is 19.6 Å². The summed E-state index contributed by atoms with van der Waals surface area (Å²) in [4.78, 5) is 22.8. The molecule has 2 aromatic carbocycles. The van der Waals surface area contributed by atoms with Gasteiger partial charge in [0.05, 0.1) is 17.0 Å². The molecule has 6 heteroatoms. The van der Waals surface area contributed by atoms with E-state index in [-0.39, 0.29) is 17.6 Å². The predicted molar refractivity (Wildman–Crippen MR) is 104 cm³/mol. The van der Waals surface area contributed by atoms with Gasteiger partial charge < -0.3 is 15.2 Å². The normalized spacial score (nSPS) is 17.3. The molecule has 0 radical (unpaired) electrons. The number of hydrogen-bond acceptors (Lipinski definition) is 3. The van der Waals surface area contributed by atoms with Crippen molar-refractivity contribution >= 4 is 22.9 Å². The smallest absolute Gasteiger partial charge is 0.225 e. The molecule has 0 saturated carbocycles. The van der Waals surface area contributed by atoms with E-state index < -0.39 is 0 Å². The highest BCUT2D eigenvalue weighted by atomic mass is 19.1. The average Bonchev–Trinajstić information content (AvgIpc) is 3.10. The van der Waals surface area contributed by atoms with E-state index in [0.717, 1.165) is 41.9 Å². The average molecular weight is 366 g/mol. The van der Waals surface area contributed by atoms with Crippen LogP contribution in [0.4, 0.5) is 10.3 Å². The number of H-pyrrole nitrogens is 1. The van der Waals surface area contributed by atoms with E-state index >= 15 is 0 Å². The monoisotopic (exact) mass is 366 g/mol. The Labute approximate surface area is 157 Å². The number of carbonyl (C=O) groups excluding carboxylic acids is 1. The van der Waals surface area contributed by atoms with E-state index in [2.05, 4.69) is 39.2 Å². The molecule has 1 aromatic heterocycles. The number of nitrogens with one attached hydrogen (secondary N) is 2. The highest BCUT2D eigenvalue weighted by molar-refractivity contribution is 5.80. The summed E-state index contributed by atoms with van der Waals surface area (Å²) in [5.74, 6) is 0.519. The van der Waals surface area contributed by atoms with E-state index in [9.17, 15) is 9.18 Å². The van der Waals surface area contributed by atoms with E-state index in [1.807, 2.05) is 6.07 Å². The van der Waals surface area contributed by atoms with Crippen LogP contribution in [0.5, 0.6) is 0 Å². The number of anilines is 1. The van der Waals surface area contributed by atoms with Crippen molar-refractivity contribution in [2.45, 2.75) is 26.3 Å². The first kappa shape index (κ1) is 17.5. The molecule has 0 spiro atoms. The Balaban J connectivity index is 1.40. The number of imidazole rings is 1. The summed E-state index contributed by atoms with van der Waals surface area (Å²) in [7, 11) is 0. The zero-order valence-electron chi connectivity index (χ0n) is 15.3. The third-order valence-electron chi connectivity index (χ3n) is 5.10. The zero-order valence-corrected chi connectivity index (χ0v) is 15.3. The van der Waals surface area contributed by atoms with Gasteiger partial charge in [0.1, 0.15) is 5.82 Å². The van der Waals surface area contributed by atoms with Gasteiger partial charge in [0.2, 0.25) is 11.9 Å². The summed E-state index contributed by atoms with van der Waals surface area (Å²) in [6, 6.07) is 12.4. The van der Waals surface area contributed by atoms with Crippen LogP contribution < -0.4 is 10.2 Å². The van der Waals surface area contributed by atoms with Crippen molar-refractivity contribution < 1.29 is 9.18 Å². The summed E-state index contributed by atoms with van der Waals surface area (Å²) in [6.07, 6.45) is 1.82. The van der Waals surface area contributed by atoms with Gasteiger partial charge in [0.25, 0.3) is 0 Å². The number of amides is 1. The minimum atomic E-state index is -0.269.